The highest BCUT2D eigenvalue weighted by atomic mass is 19.4. The van der Waals surface area contributed by atoms with Crippen LogP contribution in [0.2, 0.25) is 0 Å². The van der Waals surface area contributed by atoms with Gasteiger partial charge in [0.2, 0.25) is 5.91 Å². The van der Waals surface area contributed by atoms with Gasteiger partial charge in [-0.1, -0.05) is 12.7 Å². The zero-order valence-electron chi connectivity index (χ0n) is 21.6. The number of fused-ring (bicyclic) bond motifs is 1. The summed E-state index contributed by atoms with van der Waals surface area (Å²) in [5.41, 5.74) is 6.68. The normalized spacial score (nSPS) is 14.4. The summed E-state index contributed by atoms with van der Waals surface area (Å²) in [7, 11) is 1.48. The average molecular weight is 543 g/mol. The minimum absolute atomic E-state index is 0.0876. The first kappa shape index (κ1) is 27.7. The Morgan fingerprint density at radius 2 is 2.03 bits per heavy atom. The van der Waals surface area contributed by atoms with Crippen molar-refractivity contribution in [2.75, 3.05) is 26.0 Å². The molecular weight excluding hydrogens is 513 g/mol. The van der Waals surface area contributed by atoms with Crippen LogP contribution in [0.25, 0.3) is 22.5 Å². The van der Waals surface area contributed by atoms with Gasteiger partial charge in [-0.3, -0.25) is 4.79 Å². The van der Waals surface area contributed by atoms with Gasteiger partial charge < -0.3 is 20.5 Å². The van der Waals surface area contributed by atoms with Crippen molar-refractivity contribution in [2.45, 2.75) is 32.4 Å². The van der Waals surface area contributed by atoms with Crippen molar-refractivity contribution in [1.82, 2.24) is 24.9 Å². The van der Waals surface area contributed by atoms with Gasteiger partial charge in [0.25, 0.3) is 0 Å². The maximum atomic E-state index is 13.4. The molecule has 4 rings (SSSR count). The molecule has 1 aliphatic rings. The summed E-state index contributed by atoms with van der Waals surface area (Å²) < 4.78 is 52.6. The number of allylic oxidation sites excluding steroid dienone is 3. The zero-order chi connectivity index (χ0) is 28.2. The molecule has 0 aliphatic heterocycles. The molecular formula is C27H29F3N6O3. The van der Waals surface area contributed by atoms with Crippen LogP contribution in [0.1, 0.15) is 37.4 Å². The van der Waals surface area contributed by atoms with E-state index in [1.165, 1.54) is 24.0 Å². The summed E-state index contributed by atoms with van der Waals surface area (Å²) in [4.78, 5) is 19.7. The van der Waals surface area contributed by atoms with E-state index in [9.17, 15) is 18.0 Å². The number of amides is 1. The third kappa shape index (κ3) is 6.75. The number of imidazole rings is 1. The molecule has 206 valence electrons. The summed E-state index contributed by atoms with van der Waals surface area (Å²) in [5, 5.41) is 7.46. The maximum Gasteiger partial charge on any atom is 0.419 e. The number of hydrogen-bond donors (Lipinski definition) is 2. The van der Waals surface area contributed by atoms with Crippen molar-refractivity contribution in [1.29, 1.82) is 0 Å². The molecule has 3 aromatic heterocycles. The largest absolute Gasteiger partial charge is 0.493 e. The molecule has 0 atom stereocenters. The van der Waals surface area contributed by atoms with Crippen LogP contribution in [0.4, 0.5) is 19.0 Å². The number of anilines is 1. The Bertz CT molecular complexity index is 1440. The average Bonchev–Trinajstić information content (AvgIpc) is 3.68. The van der Waals surface area contributed by atoms with E-state index in [1.54, 1.807) is 24.3 Å². The summed E-state index contributed by atoms with van der Waals surface area (Å²) in [6.45, 7) is 6.55. The molecule has 0 unspecified atom stereocenters. The summed E-state index contributed by atoms with van der Waals surface area (Å²) in [6, 6.07) is 4.40. The van der Waals surface area contributed by atoms with Gasteiger partial charge in [0.1, 0.15) is 5.82 Å². The number of methoxy groups -OCH3 is 1. The molecule has 3 aromatic rings. The highest BCUT2D eigenvalue weighted by Gasteiger charge is 2.34. The fourth-order valence-electron chi connectivity index (χ4n) is 3.69. The summed E-state index contributed by atoms with van der Waals surface area (Å²) in [5.74, 6) is 0.400. The maximum absolute atomic E-state index is 13.4. The van der Waals surface area contributed by atoms with Gasteiger partial charge in [-0.15, -0.1) is 0 Å². The van der Waals surface area contributed by atoms with Crippen LogP contribution in [0, 0.1) is 5.92 Å². The molecule has 1 saturated carbocycles. The quantitative estimate of drug-likeness (QED) is 0.204. The third-order valence-electron chi connectivity index (χ3n) is 6.12. The number of hydrogen-bond acceptors (Lipinski definition) is 7. The first-order valence-electron chi connectivity index (χ1n) is 12.3. The van der Waals surface area contributed by atoms with Gasteiger partial charge in [-0.2, -0.15) is 18.3 Å². The number of halogens is 3. The number of nitrogens with one attached hydrogen (secondary N) is 1. The Labute approximate surface area is 223 Å². The van der Waals surface area contributed by atoms with Gasteiger partial charge in [0.15, 0.2) is 17.2 Å². The number of carbonyl (C=O) groups excluding carboxylic acids is 1. The van der Waals surface area contributed by atoms with E-state index in [2.05, 4.69) is 27.0 Å². The van der Waals surface area contributed by atoms with Crippen LogP contribution in [0.3, 0.4) is 0 Å². The highest BCUT2D eigenvalue weighted by molar-refractivity contribution is 5.80. The Morgan fingerprint density at radius 3 is 2.72 bits per heavy atom. The molecule has 39 heavy (non-hydrogen) atoms. The molecule has 0 aromatic carbocycles. The van der Waals surface area contributed by atoms with Crippen molar-refractivity contribution in [3.63, 3.8) is 0 Å². The smallest absolute Gasteiger partial charge is 0.419 e. The molecule has 1 amide bonds. The summed E-state index contributed by atoms with van der Waals surface area (Å²) in [6.07, 6.45) is 4.04. The molecule has 1 aliphatic carbocycles. The predicted molar refractivity (Wildman–Crippen MR) is 140 cm³/mol. The van der Waals surface area contributed by atoms with Crippen LogP contribution in [-0.2, 0) is 20.4 Å². The van der Waals surface area contributed by atoms with Crippen LogP contribution in [0.15, 0.2) is 60.8 Å². The minimum Gasteiger partial charge on any atom is -0.493 e. The van der Waals surface area contributed by atoms with Crippen LogP contribution in [-0.4, -0.2) is 45.8 Å². The molecule has 9 nitrogen and oxygen atoms in total. The van der Waals surface area contributed by atoms with Crippen molar-refractivity contribution in [3.05, 3.63) is 72.1 Å². The number of pyridine rings is 1. The second-order valence-electron chi connectivity index (χ2n) is 9.06. The number of ether oxygens (including phenoxy) is 2. The Hall–Kier alpha value is -4.35. The van der Waals surface area contributed by atoms with Crippen LogP contribution >= 0.6 is 0 Å². The highest BCUT2D eigenvalue weighted by Crippen LogP contribution is 2.35. The number of nitrogens with zero attached hydrogens (tertiary/aromatic N) is 4. The number of aromatic nitrogens is 4. The molecule has 0 radical (unpaired) electrons. The molecule has 0 spiro atoms. The second-order valence-corrected chi connectivity index (χ2v) is 9.06. The first-order chi connectivity index (χ1) is 18.6. The minimum atomic E-state index is -4.64. The number of nitrogens with two attached hydrogens (primary N) is 1. The number of carbonyl (C=O) groups is 1. The lowest BCUT2D eigenvalue weighted by Gasteiger charge is -2.12. The lowest BCUT2D eigenvalue weighted by molar-refractivity contribution is -0.137. The van der Waals surface area contributed by atoms with Gasteiger partial charge >= 0.3 is 6.18 Å². The van der Waals surface area contributed by atoms with Crippen molar-refractivity contribution in [3.8, 4) is 11.3 Å². The first-order valence-corrected chi connectivity index (χ1v) is 12.3. The number of rotatable bonds is 11. The Kier molecular flexibility index (Phi) is 8.22. The van der Waals surface area contributed by atoms with Gasteiger partial charge in [-0.25, -0.2) is 14.5 Å². The van der Waals surface area contributed by atoms with Crippen molar-refractivity contribution in [2.24, 2.45) is 5.92 Å². The molecule has 0 bridgehead atoms. The SMILES string of the molecule is C=C(OC)/C(=C\C=C(/C)c1ccc2ncc(-c3cnc(N)c(C(F)(F)F)c3)n2n1)OCCCNC(=O)C1CC1. The fourth-order valence-corrected chi connectivity index (χ4v) is 3.69. The Balaban J connectivity index is 1.52. The van der Waals surface area contributed by atoms with Crippen molar-refractivity contribution >= 4 is 22.9 Å². The topological polar surface area (TPSA) is 117 Å². The van der Waals surface area contributed by atoms with Crippen LogP contribution < -0.4 is 11.1 Å². The van der Waals surface area contributed by atoms with Crippen molar-refractivity contribution < 1.29 is 27.4 Å². The van der Waals surface area contributed by atoms with Gasteiger partial charge in [-0.05, 0) is 56.0 Å². The predicted octanol–water partition coefficient (Wildman–Crippen LogP) is 4.77. The molecule has 12 heteroatoms. The zero-order valence-corrected chi connectivity index (χ0v) is 21.6. The molecule has 1 fully saturated rings. The van der Waals surface area contributed by atoms with E-state index in [1.807, 2.05) is 6.92 Å². The standard InChI is InChI=1S/C27H29F3N6O3/c1-16(5-9-23(17(2)38-3)39-12-4-11-32-26(37)18-6-7-18)21-8-10-24-33-15-22(36(24)35-21)19-13-20(27(28,29)30)25(31)34-14-19/h5,8-10,13-15,18H,2,4,6-7,11-12H2,1,3H3,(H2,31,34)(H,32,37)/b16-5+,23-9+. The lowest BCUT2D eigenvalue weighted by atomic mass is 10.1. The monoisotopic (exact) mass is 542 g/mol. The van der Waals surface area contributed by atoms with E-state index in [4.69, 9.17) is 15.2 Å². The van der Waals surface area contributed by atoms with E-state index in [0.717, 1.165) is 24.5 Å². The fraction of sp³-hybridized carbons (Fsp3) is 0.333. The van der Waals surface area contributed by atoms with E-state index in [0.29, 0.717) is 48.1 Å². The van der Waals surface area contributed by atoms with Gasteiger partial charge in [0.05, 0.1) is 36.9 Å². The van der Waals surface area contributed by atoms with E-state index in [-0.39, 0.29) is 17.4 Å². The molecule has 0 saturated heterocycles. The Morgan fingerprint density at radius 1 is 1.26 bits per heavy atom. The second kappa shape index (κ2) is 11.6. The van der Waals surface area contributed by atoms with E-state index < -0.39 is 17.6 Å². The molecule has 3 N–H and O–H groups in total. The summed E-state index contributed by atoms with van der Waals surface area (Å²) >= 11 is 0. The lowest BCUT2D eigenvalue weighted by Crippen LogP contribution is -2.26. The van der Waals surface area contributed by atoms with Gasteiger partial charge in [0, 0.05) is 24.2 Å². The van der Waals surface area contributed by atoms with Crippen LogP contribution in [0.5, 0.6) is 0 Å². The number of nitrogen functional groups attached to an aromatic ring is 1. The third-order valence-corrected chi connectivity index (χ3v) is 6.12. The molecule has 3 heterocycles. The van der Waals surface area contributed by atoms with E-state index >= 15 is 0 Å². The number of alkyl halides is 3.